The summed E-state index contributed by atoms with van der Waals surface area (Å²) in [6.07, 6.45) is 0.889. The highest BCUT2D eigenvalue weighted by Gasteiger charge is 2.19. The molecule has 1 aliphatic heterocycles. The van der Waals surface area contributed by atoms with Crippen molar-refractivity contribution in [2.45, 2.75) is 19.4 Å². The number of rotatable bonds is 3. The summed E-state index contributed by atoms with van der Waals surface area (Å²) in [4.78, 5) is 51.6. The lowest BCUT2D eigenvalue weighted by atomic mass is 10.1. The third-order valence-corrected chi connectivity index (χ3v) is 3.92. The first kappa shape index (κ1) is 15.1. The first-order chi connectivity index (χ1) is 10.9. The molecule has 0 radical (unpaired) electrons. The third-order valence-electron chi connectivity index (χ3n) is 3.92. The molecule has 2 aromatic rings. The number of non-ortho nitro benzene ring substituents is 1. The third kappa shape index (κ3) is 3.04. The van der Waals surface area contributed by atoms with Crippen molar-refractivity contribution in [2.75, 3.05) is 13.1 Å². The molecule has 120 valence electrons. The van der Waals surface area contributed by atoms with Gasteiger partial charge < -0.3 is 9.97 Å². The molecule has 0 atom stereocenters. The number of likely N-dealkylation sites (tertiary alicyclic amines) is 1. The van der Waals surface area contributed by atoms with E-state index in [9.17, 15) is 24.5 Å². The number of H-pyrrole nitrogens is 2. The van der Waals surface area contributed by atoms with Crippen molar-refractivity contribution in [1.29, 1.82) is 0 Å². The van der Waals surface area contributed by atoms with Crippen LogP contribution in [0.4, 0.5) is 5.69 Å². The Labute approximate surface area is 129 Å². The van der Waals surface area contributed by atoms with E-state index in [1.54, 1.807) is 0 Å². The van der Waals surface area contributed by atoms with Crippen LogP contribution in [0.2, 0.25) is 0 Å². The molecule has 0 saturated carbocycles. The van der Waals surface area contributed by atoms with Gasteiger partial charge in [0.05, 0.1) is 16.0 Å². The second-order valence-corrected chi connectivity index (χ2v) is 5.51. The molecule has 1 aromatic heterocycles. The number of aromatic amines is 2. The molecule has 1 fully saturated rings. The fourth-order valence-corrected chi connectivity index (χ4v) is 2.71. The van der Waals surface area contributed by atoms with Crippen molar-refractivity contribution in [1.82, 2.24) is 14.9 Å². The number of aromatic nitrogens is 2. The van der Waals surface area contributed by atoms with E-state index in [0.717, 1.165) is 0 Å². The largest absolute Gasteiger partial charge is 0.316 e. The lowest BCUT2D eigenvalue weighted by Crippen LogP contribution is -2.34. The molecule has 1 saturated heterocycles. The molecular weight excluding hydrogens is 304 g/mol. The number of ketones is 1. The van der Waals surface area contributed by atoms with Gasteiger partial charge in [0.25, 0.3) is 5.69 Å². The molecule has 2 N–H and O–H groups in total. The number of hydrogen-bond donors (Lipinski definition) is 2. The molecule has 0 bridgehead atoms. The van der Waals surface area contributed by atoms with E-state index in [-0.39, 0.29) is 17.0 Å². The Hall–Kier alpha value is -2.81. The Morgan fingerprint density at radius 3 is 2.39 bits per heavy atom. The Morgan fingerprint density at radius 2 is 1.74 bits per heavy atom. The number of nitrogens with one attached hydrogen (secondary N) is 2. The molecular formula is C14H14N4O5. The van der Waals surface area contributed by atoms with Gasteiger partial charge in [-0.05, 0) is 5.56 Å². The van der Waals surface area contributed by atoms with Crippen LogP contribution in [0.1, 0.15) is 18.4 Å². The van der Waals surface area contributed by atoms with Crippen LogP contribution in [0.15, 0.2) is 21.7 Å². The molecule has 0 spiro atoms. The van der Waals surface area contributed by atoms with E-state index >= 15 is 0 Å². The smallest absolute Gasteiger partial charge is 0.314 e. The number of nitrogens with zero attached hydrogens (tertiary/aromatic N) is 2. The highest BCUT2D eigenvalue weighted by Crippen LogP contribution is 2.23. The van der Waals surface area contributed by atoms with Gasteiger partial charge in [-0.2, -0.15) is 0 Å². The summed E-state index contributed by atoms with van der Waals surface area (Å²) >= 11 is 0. The minimum Gasteiger partial charge on any atom is -0.316 e. The van der Waals surface area contributed by atoms with Gasteiger partial charge in [0.15, 0.2) is 0 Å². The molecule has 1 aromatic carbocycles. The molecule has 3 rings (SSSR count). The topological polar surface area (TPSA) is 129 Å². The fraction of sp³-hybridized carbons (Fsp3) is 0.357. The number of Topliss-reactive ketones (excluding diaryl/α,β-unsaturated/α-hetero) is 1. The standard InChI is InChI=1S/C14H14N4O5/c19-10-1-3-17(4-2-10)7-8-5-9(18(22)23)6-11-12(8)16-14(21)13(20)15-11/h5-6H,1-4,7H2,(H,15,20)(H,16,21). The number of nitro groups is 1. The maximum absolute atomic E-state index is 11.5. The van der Waals surface area contributed by atoms with Crippen LogP contribution >= 0.6 is 0 Å². The average Bonchev–Trinajstić information content (AvgIpc) is 2.51. The van der Waals surface area contributed by atoms with Crippen LogP contribution in [-0.4, -0.2) is 38.7 Å². The lowest BCUT2D eigenvalue weighted by Gasteiger charge is -2.26. The lowest BCUT2D eigenvalue weighted by molar-refractivity contribution is -0.384. The van der Waals surface area contributed by atoms with Gasteiger partial charge in [-0.25, -0.2) is 0 Å². The Morgan fingerprint density at radius 1 is 1.09 bits per heavy atom. The highest BCUT2D eigenvalue weighted by molar-refractivity contribution is 5.81. The summed E-state index contributed by atoms with van der Waals surface area (Å²) < 4.78 is 0. The van der Waals surface area contributed by atoms with E-state index in [2.05, 4.69) is 9.97 Å². The quantitative estimate of drug-likeness (QED) is 0.475. The normalized spacial score (nSPS) is 15.9. The number of benzene rings is 1. The Kier molecular flexibility index (Phi) is 3.78. The molecule has 23 heavy (non-hydrogen) atoms. The first-order valence-electron chi connectivity index (χ1n) is 7.12. The predicted octanol–water partition coefficient (Wildman–Crippen LogP) is 0.289. The Balaban J connectivity index is 2.07. The molecule has 0 amide bonds. The summed E-state index contributed by atoms with van der Waals surface area (Å²) in [5.41, 5.74) is -0.696. The average molecular weight is 318 g/mol. The number of nitro benzene ring substituents is 1. The summed E-state index contributed by atoms with van der Waals surface area (Å²) in [6, 6.07) is 2.60. The van der Waals surface area contributed by atoms with Crippen LogP contribution < -0.4 is 11.1 Å². The van der Waals surface area contributed by atoms with Gasteiger partial charge in [0.2, 0.25) is 0 Å². The van der Waals surface area contributed by atoms with Crippen molar-refractivity contribution in [2.24, 2.45) is 0 Å². The molecule has 0 unspecified atom stereocenters. The van der Waals surface area contributed by atoms with Crippen molar-refractivity contribution < 1.29 is 9.72 Å². The molecule has 1 aliphatic rings. The van der Waals surface area contributed by atoms with Crippen LogP contribution in [0.5, 0.6) is 0 Å². The maximum atomic E-state index is 11.5. The zero-order chi connectivity index (χ0) is 16.6. The number of hydrogen-bond acceptors (Lipinski definition) is 6. The molecule has 9 nitrogen and oxygen atoms in total. The maximum Gasteiger partial charge on any atom is 0.314 e. The van der Waals surface area contributed by atoms with Gasteiger partial charge in [-0.15, -0.1) is 0 Å². The molecule has 2 heterocycles. The minimum absolute atomic E-state index is 0.164. The van der Waals surface area contributed by atoms with E-state index in [1.165, 1.54) is 12.1 Å². The van der Waals surface area contributed by atoms with Crippen LogP contribution in [-0.2, 0) is 11.3 Å². The van der Waals surface area contributed by atoms with E-state index in [1.807, 2.05) is 4.90 Å². The number of carbonyl (C=O) groups excluding carboxylic acids is 1. The molecule has 9 heteroatoms. The molecule has 0 aliphatic carbocycles. The first-order valence-corrected chi connectivity index (χ1v) is 7.12. The zero-order valence-electron chi connectivity index (χ0n) is 12.1. The second kappa shape index (κ2) is 5.76. The van der Waals surface area contributed by atoms with E-state index < -0.39 is 16.0 Å². The van der Waals surface area contributed by atoms with Crippen LogP contribution in [0.3, 0.4) is 0 Å². The Bertz CT molecular complexity index is 904. The summed E-state index contributed by atoms with van der Waals surface area (Å²) in [6.45, 7) is 1.49. The van der Waals surface area contributed by atoms with Crippen molar-refractivity contribution >= 4 is 22.5 Å². The summed E-state index contributed by atoms with van der Waals surface area (Å²) in [5, 5.41) is 11.1. The number of piperidine rings is 1. The van der Waals surface area contributed by atoms with E-state index in [4.69, 9.17) is 0 Å². The van der Waals surface area contributed by atoms with Crippen molar-refractivity contribution in [3.63, 3.8) is 0 Å². The summed E-state index contributed by atoms with van der Waals surface area (Å²) in [5.74, 6) is 0.197. The predicted molar refractivity (Wildman–Crippen MR) is 81.4 cm³/mol. The van der Waals surface area contributed by atoms with E-state index in [0.29, 0.717) is 43.6 Å². The van der Waals surface area contributed by atoms with Crippen molar-refractivity contribution in [3.05, 3.63) is 48.5 Å². The van der Waals surface area contributed by atoms with Crippen molar-refractivity contribution in [3.8, 4) is 0 Å². The SMILES string of the molecule is O=C1CCN(Cc2cc([N+](=O)[O-])cc3[nH]c(=O)c(=O)[nH]c23)CC1. The van der Waals surface area contributed by atoms with Gasteiger partial charge in [-0.1, -0.05) is 0 Å². The minimum atomic E-state index is -0.854. The monoisotopic (exact) mass is 318 g/mol. The van der Waals surface area contributed by atoms with Gasteiger partial charge in [0, 0.05) is 44.6 Å². The zero-order valence-corrected chi connectivity index (χ0v) is 12.1. The fourth-order valence-electron chi connectivity index (χ4n) is 2.71. The van der Waals surface area contributed by atoms with Crippen LogP contribution in [0, 0.1) is 10.1 Å². The van der Waals surface area contributed by atoms with Gasteiger partial charge in [-0.3, -0.25) is 29.4 Å². The summed E-state index contributed by atoms with van der Waals surface area (Å²) in [7, 11) is 0. The van der Waals surface area contributed by atoms with Gasteiger partial charge >= 0.3 is 11.1 Å². The number of carbonyl (C=O) groups is 1. The second-order valence-electron chi connectivity index (χ2n) is 5.51. The number of fused-ring (bicyclic) bond motifs is 1. The van der Waals surface area contributed by atoms with Gasteiger partial charge in [0.1, 0.15) is 5.78 Å². The highest BCUT2D eigenvalue weighted by atomic mass is 16.6. The van der Waals surface area contributed by atoms with Crippen LogP contribution in [0.25, 0.3) is 11.0 Å².